The van der Waals surface area contributed by atoms with Gasteiger partial charge < -0.3 is 10.6 Å². The standard InChI is InChI=1S/C14H18N2O/c1-9(10-2-3-10)14(17)16-12-4-5-13-11(8-12)6-7-15-13/h4-5,8-10,15H,2-3,6-7H2,1H3,(H,16,17). The molecule has 1 saturated carbocycles. The molecule has 17 heavy (non-hydrogen) atoms. The highest BCUT2D eigenvalue weighted by molar-refractivity contribution is 5.93. The van der Waals surface area contributed by atoms with Crippen molar-refractivity contribution in [2.24, 2.45) is 11.8 Å². The van der Waals surface area contributed by atoms with Crippen molar-refractivity contribution in [3.63, 3.8) is 0 Å². The molecule has 1 amide bonds. The number of hydrogen-bond acceptors (Lipinski definition) is 2. The molecule has 3 rings (SSSR count). The maximum atomic E-state index is 12.0. The van der Waals surface area contributed by atoms with E-state index in [2.05, 4.69) is 22.8 Å². The average molecular weight is 230 g/mol. The lowest BCUT2D eigenvalue weighted by molar-refractivity contribution is -0.119. The molecule has 2 aliphatic rings. The van der Waals surface area contributed by atoms with Gasteiger partial charge in [-0.05, 0) is 48.9 Å². The Labute approximate surface area is 102 Å². The summed E-state index contributed by atoms with van der Waals surface area (Å²) in [5, 5.41) is 6.34. The Morgan fingerprint density at radius 3 is 3.06 bits per heavy atom. The topological polar surface area (TPSA) is 41.1 Å². The van der Waals surface area contributed by atoms with Gasteiger partial charge in [0.1, 0.15) is 0 Å². The highest BCUT2D eigenvalue weighted by atomic mass is 16.1. The van der Waals surface area contributed by atoms with E-state index in [1.165, 1.54) is 24.1 Å². The number of anilines is 2. The third-order valence-electron chi connectivity index (χ3n) is 3.83. The Morgan fingerprint density at radius 2 is 2.29 bits per heavy atom. The predicted octanol–water partition coefficient (Wildman–Crippen LogP) is 2.64. The van der Waals surface area contributed by atoms with E-state index in [1.807, 2.05) is 13.0 Å². The van der Waals surface area contributed by atoms with Crippen LogP contribution in [0.3, 0.4) is 0 Å². The molecule has 3 nitrogen and oxygen atoms in total. The van der Waals surface area contributed by atoms with Crippen LogP contribution in [0.1, 0.15) is 25.3 Å². The molecule has 1 fully saturated rings. The molecule has 1 aliphatic heterocycles. The maximum Gasteiger partial charge on any atom is 0.227 e. The molecule has 1 heterocycles. The smallest absolute Gasteiger partial charge is 0.227 e. The highest BCUT2D eigenvalue weighted by Gasteiger charge is 2.32. The summed E-state index contributed by atoms with van der Waals surface area (Å²) in [4.78, 5) is 12.0. The molecule has 0 radical (unpaired) electrons. The van der Waals surface area contributed by atoms with Crippen molar-refractivity contribution in [3.8, 4) is 0 Å². The van der Waals surface area contributed by atoms with E-state index in [9.17, 15) is 4.79 Å². The van der Waals surface area contributed by atoms with E-state index in [0.29, 0.717) is 5.92 Å². The molecular formula is C14H18N2O. The third-order valence-corrected chi connectivity index (χ3v) is 3.83. The first kappa shape index (κ1) is 10.6. The highest BCUT2D eigenvalue weighted by Crippen LogP contribution is 2.37. The van der Waals surface area contributed by atoms with Gasteiger partial charge in [0.05, 0.1) is 0 Å². The minimum absolute atomic E-state index is 0.154. The van der Waals surface area contributed by atoms with Crippen molar-refractivity contribution in [1.29, 1.82) is 0 Å². The van der Waals surface area contributed by atoms with Crippen molar-refractivity contribution in [1.82, 2.24) is 0 Å². The van der Waals surface area contributed by atoms with Gasteiger partial charge in [-0.2, -0.15) is 0 Å². The van der Waals surface area contributed by atoms with Crippen LogP contribution in [0.5, 0.6) is 0 Å². The van der Waals surface area contributed by atoms with E-state index in [-0.39, 0.29) is 11.8 Å². The van der Waals surface area contributed by atoms with Crippen molar-refractivity contribution in [2.45, 2.75) is 26.2 Å². The SMILES string of the molecule is CC(C(=O)Nc1ccc2c(c1)CCN2)C1CC1. The normalized spacial score (nSPS) is 19.4. The lowest BCUT2D eigenvalue weighted by atomic mass is 10.1. The molecular weight excluding hydrogens is 212 g/mol. The second kappa shape index (κ2) is 4.06. The second-order valence-electron chi connectivity index (χ2n) is 5.16. The molecule has 2 N–H and O–H groups in total. The van der Waals surface area contributed by atoms with Crippen molar-refractivity contribution in [3.05, 3.63) is 23.8 Å². The van der Waals surface area contributed by atoms with Gasteiger partial charge in [0, 0.05) is 23.8 Å². The van der Waals surface area contributed by atoms with Crippen LogP contribution in [0.25, 0.3) is 0 Å². The monoisotopic (exact) mass is 230 g/mol. The Kier molecular flexibility index (Phi) is 2.54. The maximum absolute atomic E-state index is 12.0. The first-order valence-corrected chi connectivity index (χ1v) is 6.42. The van der Waals surface area contributed by atoms with Crippen LogP contribution in [0.2, 0.25) is 0 Å². The van der Waals surface area contributed by atoms with Crippen molar-refractivity contribution >= 4 is 17.3 Å². The molecule has 3 heteroatoms. The van der Waals surface area contributed by atoms with Crippen molar-refractivity contribution < 1.29 is 4.79 Å². The van der Waals surface area contributed by atoms with Gasteiger partial charge in [-0.15, -0.1) is 0 Å². The van der Waals surface area contributed by atoms with Gasteiger partial charge in [0.2, 0.25) is 5.91 Å². The first-order chi connectivity index (χ1) is 8.24. The van der Waals surface area contributed by atoms with Gasteiger partial charge in [0.15, 0.2) is 0 Å². The summed E-state index contributed by atoms with van der Waals surface area (Å²) >= 11 is 0. The molecule has 0 spiro atoms. The number of benzene rings is 1. The summed E-state index contributed by atoms with van der Waals surface area (Å²) in [6, 6.07) is 6.13. The number of fused-ring (bicyclic) bond motifs is 1. The minimum atomic E-state index is 0.154. The average Bonchev–Trinajstić information content (AvgIpc) is 3.07. The second-order valence-corrected chi connectivity index (χ2v) is 5.16. The molecule has 0 aromatic heterocycles. The van der Waals surface area contributed by atoms with Crippen LogP contribution in [-0.2, 0) is 11.2 Å². The van der Waals surface area contributed by atoms with Crippen LogP contribution in [0.4, 0.5) is 11.4 Å². The zero-order valence-electron chi connectivity index (χ0n) is 10.1. The quantitative estimate of drug-likeness (QED) is 0.838. The Bertz CT molecular complexity index is 452. The number of hydrogen-bond donors (Lipinski definition) is 2. The summed E-state index contributed by atoms with van der Waals surface area (Å²) < 4.78 is 0. The van der Waals surface area contributed by atoms with Gasteiger partial charge in [0.25, 0.3) is 0 Å². The fourth-order valence-electron chi connectivity index (χ4n) is 2.45. The van der Waals surface area contributed by atoms with Crippen LogP contribution in [0.15, 0.2) is 18.2 Å². The summed E-state index contributed by atoms with van der Waals surface area (Å²) in [5.41, 5.74) is 3.45. The van der Waals surface area contributed by atoms with E-state index in [0.717, 1.165) is 18.7 Å². The lowest BCUT2D eigenvalue weighted by Gasteiger charge is -2.12. The summed E-state index contributed by atoms with van der Waals surface area (Å²) in [7, 11) is 0. The van der Waals surface area contributed by atoms with Crippen molar-refractivity contribution in [2.75, 3.05) is 17.2 Å². The predicted molar refractivity (Wildman–Crippen MR) is 69.2 cm³/mol. The zero-order valence-corrected chi connectivity index (χ0v) is 10.1. The number of amides is 1. The summed E-state index contributed by atoms with van der Waals surface area (Å²) in [6.45, 7) is 3.03. The molecule has 1 aromatic rings. The van der Waals surface area contributed by atoms with E-state index < -0.39 is 0 Å². The fraction of sp³-hybridized carbons (Fsp3) is 0.500. The summed E-state index contributed by atoms with van der Waals surface area (Å²) in [6.07, 6.45) is 3.47. The molecule has 1 aliphatic carbocycles. The van der Waals surface area contributed by atoms with Crippen LogP contribution >= 0.6 is 0 Å². The first-order valence-electron chi connectivity index (χ1n) is 6.42. The third kappa shape index (κ3) is 2.14. The fourth-order valence-corrected chi connectivity index (χ4v) is 2.45. The van der Waals surface area contributed by atoms with E-state index in [4.69, 9.17) is 0 Å². The minimum Gasteiger partial charge on any atom is -0.384 e. The largest absolute Gasteiger partial charge is 0.384 e. The molecule has 1 aromatic carbocycles. The Balaban J connectivity index is 1.70. The van der Waals surface area contributed by atoms with Gasteiger partial charge >= 0.3 is 0 Å². The number of rotatable bonds is 3. The van der Waals surface area contributed by atoms with Gasteiger partial charge in [-0.25, -0.2) is 0 Å². The number of nitrogens with one attached hydrogen (secondary N) is 2. The number of carbonyl (C=O) groups excluding carboxylic acids is 1. The van der Waals surface area contributed by atoms with Gasteiger partial charge in [-0.1, -0.05) is 6.92 Å². The van der Waals surface area contributed by atoms with Crippen LogP contribution < -0.4 is 10.6 Å². The molecule has 0 saturated heterocycles. The lowest BCUT2D eigenvalue weighted by Crippen LogP contribution is -2.21. The molecule has 1 atom stereocenters. The van der Waals surface area contributed by atoms with Crippen LogP contribution in [-0.4, -0.2) is 12.5 Å². The van der Waals surface area contributed by atoms with Crippen LogP contribution in [0, 0.1) is 11.8 Å². The summed E-state index contributed by atoms with van der Waals surface area (Å²) in [5.74, 6) is 0.936. The van der Waals surface area contributed by atoms with Gasteiger partial charge in [-0.3, -0.25) is 4.79 Å². The van der Waals surface area contributed by atoms with E-state index in [1.54, 1.807) is 0 Å². The Hall–Kier alpha value is -1.51. The zero-order chi connectivity index (χ0) is 11.8. The Morgan fingerprint density at radius 1 is 1.47 bits per heavy atom. The molecule has 0 bridgehead atoms. The molecule has 90 valence electrons. The number of carbonyl (C=O) groups is 1. The van der Waals surface area contributed by atoms with E-state index >= 15 is 0 Å². The molecule has 1 unspecified atom stereocenters.